The van der Waals surface area contributed by atoms with Gasteiger partial charge < -0.3 is 5.32 Å². The summed E-state index contributed by atoms with van der Waals surface area (Å²) in [6, 6.07) is 7.29. The summed E-state index contributed by atoms with van der Waals surface area (Å²) in [4.78, 5) is 0.000433. The van der Waals surface area contributed by atoms with Crippen molar-refractivity contribution in [2.24, 2.45) is 0 Å². The van der Waals surface area contributed by atoms with Gasteiger partial charge in [-0.1, -0.05) is 43.0 Å². The van der Waals surface area contributed by atoms with Crippen molar-refractivity contribution >= 4 is 44.9 Å². The van der Waals surface area contributed by atoms with Crippen LogP contribution >= 0.6 is 23.2 Å². The number of benzene rings is 1. The molecule has 24 heavy (non-hydrogen) atoms. The fourth-order valence-corrected chi connectivity index (χ4v) is 3.30. The van der Waals surface area contributed by atoms with E-state index in [9.17, 15) is 8.42 Å². The average Bonchev–Trinajstić information content (AvgIpc) is 2.55. The van der Waals surface area contributed by atoms with E-state index in [4.69, 9.17) is 23.2 Å². The molecule has 130 valence electrons. The van der Waals surface area contributed by atoms with Gasteiger partial charge in [0.1, 0.15) is 5.82 Å². The molecule has 0 spiro atoms. The van der Waals surface area contributed by atoms with Crippen molar-refractivity contribution in [1.82, 2.24) is 10.2 Å². The van der Waals surface area contributed by atoms with Crippen molar-refractivity contribution in [3.8, 4) is 0 Å². The van der Waals surface area contributed by atoms with Gasteiger partial charge in [0.2, 0.25) is 0 Å². The largest absolute Gasteiger partial charge is 0.369 e. The number of unbranched alkanes of at least 4 members (excludes halogenated alkanes) is 2. The van der Waals surface area contributed by atoms with Crippen molar-refractivity contribution in [2.75, 3.05) is 16.6 Å². The second-order valence-corrected chi connectivity index (χ2v) is 7.62. The van der Waals surface area contributed by atoms with E-state index in [1.807, 2.05) is 0 Å². The topological polar surface area (TPSA) is 84.0 Å². The number of anilines is 2. The van der Waals surface area contributed by atoms with E-state index in [-0.39, 0.29) is 20.8 Å². The molecule has 0 radical (unpaired) electrons. The van der Waals surface area contributed by atoms with E-state index in [2.05, 4.69) is 27.2 Å². The lowest BCUT2D eigenvalue weighted by molar-refractivity contribution is 0.601. The molecule has 0 saturated carbocycles. The number of rotatable bonds is 8. The third-order valence-electron chi connectivity index (χ3n) is 3.19. The van der Waals surface area contributed by atoms with Crippen molar-refractivity contribution < 1.29 is 8.42 Å². The van der Waals surface area contributed by atoms with Crippen LogP contribution in [0.3, 0.4) is 0 Å². The van der Waals surface area contributed by atoms with Crippen LogP contribution in [0.2, 0.25) is 10.0 Å². The van der Waals surface area contributed by atoms with Gasteiger partial charge in [0.15, 0.2) is 5.82 Å². The summed E-state index contributed by atoms with van der Waals surface area (Å²) in [6.07, 6.45) is 3.33. The Morgan fingerprint density at radius 2 is 1.71 bits per heavy atom. The molecule has 0 aliphatic heterocycles. The second-order valence-electron chi connectivity index (χ2n) is 5.12. The molecule has 0 aliphatic rings. The molecule has 1 heterocycles. The zero-order chi connectivity index (χ0) is 17.6. The van der Waals surface area contributed by atoms with Gasteiger partial charge in [-0.05, 0) is 36.8 Å². The molecule has 2 N–H and O–H groups in total. The van der Waals surface area contributed by atoms with Crippen LogP contribution in [0.1, 0.15) is 26.2 Å². The van der Waals surface area contributed by atoms with Crippen LogP contribution in [-0.2, 0) is 10.0 Å². The fraction of sp³-hybridized carbons (Fsp3) is 0.333. The summed E-state index contributed by atoms with van der Waals surface area (Å²) < 4.78 is 26.9. The maximum absolute atomic E-state index is 12.3. The van der Waals surface area contributed by atoms with E-state index < -0.39 is 10.0 Å². The van der Waals surface area contributed by atoms with Crippen molar-refractivity contribution in [1.29, 1.82) is 0 Å². The van der Waals surface area contributed by atoms with Gasteiger partial charge in [-0.25, -0.2) is 8.42 Å². The lowest BCUT2D eigenvalue weighted by Gasteiger charge is -2.09. The lowest BCUT2D eigenvalue weighted by atomic mass is 10.2. The molecule has 2 aromatic rings. The second kappa shape index (κ2) is 8.50. The van der Waals surface area contributed by atoms with E-state index in [0.717, 1.165) is 25.8 Å². The van der Waals surface area contributed by atoms with Gasteiger partial charge in [0.25, 0.3) is 10.0 Å². The highest BCUT2D eigenvalue weighted by molar-refractivity contribution is 7.92. The SMILES string of the molecule is CCCCCNc1ccc(NS(=O)(=O)c2ccc(Cl)c(Cl)c2)nn1. The summed E-state index contributed by atoms with van der Waals surface area (Å²) in [6.45, 7) is 2.94. The third kappa shape index (κ3) is 5.22. The van der Waals surface area contributed by atoms with Crippen molar-refractivity contribution in [3.05, 3.63) is 40.4 Å². The maximum atomic E-state index is 12.3. The number of nitrogens with zero attached hydrogens (tertiary/aromatic N) is 2. The summed E-state index contributed by atoms with van der Waals surface area (Å²) in [5.41, 5.74) is 0. The molecule has 6 nitrogen and oxygen atoms in total. The number of aromatic nitrogens is 2. The highest BCUT2D eigenvalue weighted by atomic mass is 35.5. The monoisotopic (exact) mass is 388 g/mol. The van der Waals surface area contributed by atoms with Crippen LogP contribution in [0.15, 0.2) is 35.2 Å². The number of hydrogen-bond acceptors (Lipinski definition) is 5. The first kappa shape index (κ1) is 18.8. The van der Waals surface area contributed by atoms with Crippen LogP contribution in [0, 0.1) is 0 Å². The molecule has 0 bridgehead atoms. The molecule has 0 aliphatic carbocycles. The van der Waals surface area contributed by atoms with E-state index in [1.165, 1.54) is 18.2 Å². The van der Waals surface area contributed by atoms with Gasteiger partial charge in [-0.15, -0.1) is 10.2 Å². The van der Waals surface area contributed by atoms with Crippen molar-refractivity contribution in [2.45, 2.75) is 31.1 Å². The first-order valence-corrected chi connectivity index (χ1v) is 9.72. The highest BCUT2D eigenvalue weighted by Gasteiger charge is 2.16. The van der Waals surface area contributed by atoms with E-state index in [0.29, 0.717) is 5.82 Å². The van der Waals surface area contributed by atoms with Gasteiger partial charge in [-0.3, -0.25) is 4.72 Å². The van der Waals surface area contributed by atoms with Crippen LogP contribution in [0.25, 0.3) is 0 Å². The quantitative estimate of drug-likeness (QED) is 0.662. The molecule has 0 fully saturated rings. The van der Waals surface area contributed by atoms with E-state index in [1.54, 1.807) is 12.1 Å². The van der Waals surface area contributed by atoms with Crippen LogP contribution in [0.5, 0.6) is 0 Å². The Labute approximate surface area is 151 Å². The van der Waals surface area contributed by atoms with Gasteiger partial charge in [0.05, 0.1) is 14.9 Å². The standard InChI is InChI=1S/C15H18Cl2N4O2S/c1-2-3-4-9-18-14-7-8-15(20-19-14)21-24(22,23)11-5-6-12(16)13(17)10-11/h5-8,10H,2-4,9H2,1H3,(H,18,19)(H,20,21). The Balaban J connectivity index is 2.03. The minimum atomic E-state index is -3.81. The van der Waals surface area contributed by atoms with Crippen LogP contribution < -0.4 is 10.0 Å². The predicted octanol–water partition coefficient (Wildman–Crippen LogP) is 4.19. The summed E-state index contributed by atoms with van der Waals surface area (Å²) in [5, 5.41) is 11.4. The van der Waals surface area contributed by atoms with Crippen LogP contribution in [0.4, 0.5) is 11.6 Å². The molecular weight excluding hydrogens is 371 g/mol. The summed E-state index contributed by atoms with van der Waals surface area (Å²) in [5.74, 6) is 0.726. The lowest BCUT2D eigenvalue weighted by Crippen LogP contribution is -2.14. The molecule has 0 saturated heterocycles. The Morgan fingerprint density at radius 1 is 1.00 bits per heavy atom. The Hall–Kier alpha value is -1.57. The Morgan fingerprint density at radius 3 is 2.33 bits per heavy atom. The minimum Gasteiger partial charge on any atom is -0.369 e. The van der Waals surface area contributed by atoms with Gasteiger partial charge in [-0.2, -0.15) is 0 Å². The fourth-order valence-electron chi connectivity index (χ4n) is 1.91. The molecule has 1 aromatic heterocycles. The summed E-state index contributed by atoms with van der Waals surface area (Å²) >= 11 is 11.6. The highest BCUT2D eigenvalue weighted by Crippen LogP contribution is 2.25. The average molecular weight is 389 g/mol. The number of nitrogens with one attached hydrogen (secondary N) is 2. The zero-order valence-electron chi connectivity index (χ0n) is 13.1. The van der Waals surface area contributed by atoms with Crippen molar-refractivity contribution in [3.63, 3.8) is 0 Å². The zero-order valence-corrected chi connectivity index (χ0v) is 15.4. The molecular formula is C15H18Cl2N4O2S. The number of halogens is 2. The predicted molar refractivity (Wildman–Crippen MR) is 97.3 cm³/mol. The minimum absolute atomic E-state index is 0.000433. The normalized spacial score (nSPS) is 11.3. The Bertz CT molecular complexity index is 783. The van der Waals surface area contributed by atoms with E-state index >= 15 is 0 Å². The van der Waals surface area contributed by atoms with Gasteiger partial charge in [0, 0.05) is 6.54 Å². The third-order valence-corrected chi connectivity index (χ3v) is 5.28. The van der Waals surface area contributed by atoms with Crippen LogP contribution in [-0.4, -0.2) is 25.2 Å². The van der Waals surface area contributed by atoms with Gasteiger partial charge >= 0.3 is 0 Å². The molecule has 0 unspecified atom stereocenters. The summed E-state index contributed by atoms with van der Waals surface area (Å²) in [7, 11) is -3.81. The molecule has 0 atom stereocenters. The first-order chi connectivity index (χ1) is 11.4. The first-order valence-electron chi connectivity index (χ1n) is 7.48. The number of hydrogen-bond donors (Lipinski definition) is 2. The Kier molecular flexibility index (Phi) is 6.65. The molecule has 9 heteroatoms. The molecule has 0 amide bonds. The maximum Gasteiger partial charge on any atom is 0.263 e. The smallest absolute Gasteiger partial charge is 0.263 e. The molecule has 1 aromatic carbocycles. The molecule has 2 rings (SSSR count). The number of sulfonamides is 1.